The number of benzene rings is 7. The zero-order valence-electron chi connectivity index (χ0n) is 25.1. The molecule has 2 nitrogen and oxygen atoms in total. The van der Waals surface area contributed by atoms with Crippen LogP contribution in [0.2, 0.25) is 0 Å². The SMILES string of the molecule is c1ccc2c(c1)B1c3ccccc3-c3cccc4c3N1c1c(cccc1-2)B4c1ccc(-n2c3ccccc3c3ccccc32)cc1. The average Bonchev–Trinajstić information content (AvgIpc) is 3.46. The molecule has 0 N–H and O–H groups in total. The number of rotatable bonds is 2. The van der Waals surface area contributed by atoms with Crippen LogP contribution in [-0.2, 0) is 0 Å². The van der Waals surface area contributed by atoms with Crippen LogP contribution in [0.25, 0.3) is 49.7 Å². The zero-order chi connectivity index (χ0) is 29.9. The second-order valence-corrected chi connectivity index (χ2v) is 12.8. The highest BCUT2D eigenvalue weighted by atomic mass is 15.1. The normalized spacial score (nSPS) is 13.5. The molecule has 210 valence electrons. The van der Waals surface area contributed by atoms with Crippen LogP contribution in [0.1, 0.15) is 0 Å². The number of hydrogen-bond donors (Lipinski definition) is 0. The maximum Gasteiger partial charge on any atom is 0.329 e. The van der Waals surface area contributed by atoms with Gasteiger partial charge in [0.05, 0.1) is 11.0 Å². The predicted octanol–water partition coefficient (Wildman–Crippen LogP) is 6.52. The van der Waals surface area contributed by atoms with Gasteiger partial charge in [0.25, 0.3) is 0 Å². The Morgan fingerprint density at radius 2 is 0.826 bits per heavy atom. The van der Waals surface area contributed by atoms with Crippen molar-refractivity contribution in [2.75, 3.05) is 4.81 Å². The van der Waals surface area contributed by atoms with Gasteiger partial charge in [-0.1, -0.05) is 139 Å². The molecule has 8 aromatic rings. The number of aromatic nitrogens is 1. The molecule has 1 aromatic heterocycles. The second kappa shape index (κ2) is 8.93. The molecule has 0 aliphatic carbocycles. The molecular formula is C42H26B2N2. The van der Waals surface area contributed by atoms with Crippen LogP contribution in [0.4, 0.5) is 11.4 Å². The lowest BCUT2D eigenvalue weighted by atomic mass is 9.32. The van der Waals surface area contributed by atoms with Gasteiger partial charge >= 0.3 is 6.85 Å². The van der Waals surface area contributed by atoms with Crippen molar-refractivity contribution in [2.45, 2.75) is 0 Å². The predicted molar refractivity (Wildman–Crippen MR) is 196 cm³/mol. The van der Waals surface area contributed by atoms with Crippen LogP contribution in [0, 0.1) is 0 Å². The van der Waals surface area contributed by atoms with Gasteiger partial charge in [-0.15, -0.1) is 0 Å². The number of hydrogen-bond acceptors (Lipinski definition) is 1. The van der Waals surface area contributed by atoms with Crippen molar-refractivity contribution in [2.24, 2.45) is 0 Å². The van der Waals surface area contributed by atoms with E-state index in [1.807, 2.05) is 0 Å². The van der Waals surface area contributed by atoms with E-state index in [-0.39, 0.29) is 13.6 Å². The Labute approximate surface area is 268 Å². The standard InChI is InChI=1S/C42H26B2N2/c1-5-17-35-29(11-1)33-15-9-19-37-41(33)46-42-34(30-12-2-6-18-36(30)44(35)46)16-10-20-38(42)43(37)27-23-25-28(26-24-27)45-39-21-7-3-13-31(39)32-14-4-8-22-40(32)45/h1-26H. The average molecular weight is 580 g/mol. The minimum absolute atomic E-state index is 0.129. The molecule has 46 heavy (non-hydrogen) atoms. The molecule has 0 amide bonds. The summed E-state index contributed by atoms with van der Waals surface area (Å²) >= 11 is 0. The van der Waals surface area contributed by atoms with Crippen LogP contribution in [0.5, 0.6) is 0 Å². The summed E-state index contributed by atoms with van der Waals surface area (Å²) in [6.07, 6.45) is 0. The highest BCUT2D eigenvalue weighted by molar-refractivity contribution is 7.01. The first-order valence-corrected chi connectivity index (χ1v) is 16.2. The summed E-state index contributed by atoms with van der Waals surface area (Å²) in [5, 5.41) is 2.58. The van der Waals surface area contributed by atoms with Crippen molar-refractivity contribution in [3.8, 4) is 27.9 Å². The van der Waals surface area contributed by atoms with E-state index < -0.39 is 0 Å². The lowest BCUT2D eigenvalue weighted by molar-refractivity contribution is 1.18. The fourth-order valence-corrected chi connectivity index (χ4v) is 8.88. The molecule has 4 heterocycles. The summed E-state index contributed by atoms with van der Waals surface area (Å²) in [6, 6.07) is 58.8. The molecule has 3 aliphatic heterocycles. The van der Waals surface area contributed by atoms with E-state index in [9.17, 15) is 0 Å². The number of anilines is 2. The van der Waals surface area contributed by atoms with Crippen LogP contribution in [0.3, 0.4) is 0 Å². The van der Waals surface area contributed by atoms with Gasteiger partial charge in [-0.3, -0.25) is 0 Å². The smallest absolute Gasteiger partial charge is 0.329 e. The van der Waals surface area contributed by atoms with Gasteiger partial charge in [0.15, 0.2) is 0 Å². The molecule has 0 saturated carbocycles. The van der Waals surface area contributed by atoms with Crippen molar-refractivity contribution in [1.29, 1.82) is 0 Å². The second-order valence-electron chi connectivity index (χ2n) is 12.8. The Hall–Kier alpha value is -5.73. The summed E-state index contributed by atoms with van der Waals surface area (Å²) in [4.78, 5) is 2.67. The van der Waals surface area contributed by atoms with Crippen molar-refractivity contribution in [3.05, 3.63) is 158 Å². The lowest BCUT2D eigenvalue weighted by Gasteiger charge is -2.49. The first kappa shape index (κ1) is 24.6. The molecule has 0 bridgehead atoms. The molecule has 0 radical (unpaired) electrons. The maximum atomic E-state index is 2.67. The Balaban J connectivity index is 1.17. The molecule has 0 spiro atoms. The number of nitrogens with zero attached hydrogens (tertiary/aromatic N) is 2. The van der Waals surface area contributed by atoms with Gasteiger partial charge in [0.2, 0.25) is 6.71 Å². The minimum Gasteiger partial charge on any atom is -0.377 e. The topological polar surface area (TPSA) is 8.17 Å². The largest absolute Gasteiger partial charge is 0.377 e. The van der Waals surface area contributed by atoms with Crippen molar-refractivity contribution >= 4 is 74.1 Å². The van der Waals surface area contributed by atoms with E-state index in [2.05, 4.69) is 167 Å². The number of fused-ring (bicyclic) bond motifs is 9. The fourth-order valence-electron chi connectivity index (χ4n) is 8.88. The summed E-state index contributed by atoms with van der Waals surface area (Å²) in [5.74, 6) is 0. The molecule has 0 atom stereocenters. The molecular weight excluding hydrogens is 554 g/mol. The molecule has 0 saturated heterocycles. The first-order valence-electron chi connectivity index (χ1n) is 16.2. The summed E-state index contributed by atoms with van der Waals surface area (Å²) in [5.41, 5.74) is 18.6. The van der Waals surface area contributed by atoms with E-state index in [1.165, 1.54) is 88.4 Å². The maximum absolute atomic E-state index is 2.67. The summed E-state index contributed by atoms with van der Waals surface area (Å²) in [6.45, 7) is 0.276. The summed E-state index contributed by atoms with van der Waals surface area (Å²) < 4.78 is 2.41. The van der Waals surface area contributed by atoms with Crippen molar-refractivity contribution in [1.82, 2.24) is 4.57 Å². The monoisotopic (exact) mass is 580 g/mol. The fraction of sp³-hybridized carbons (Fsp3) is 0. The quantitative estimate of drug-likeness (QED) is 0.212. The van der Waals surface area contributed by atoms with Crippen LogP contribution >= 0.6 is 0 Å². The first-order chi connectivity index (χ1) is 22.9. The molecule has 7 aromatic carbocycles. The van der Waals surface area contributed by atoms with E-state index in [0.29, 0.717) is 0 Å². The Morgan fingerprint density at radius 1 is 0.370 bits per heavy atom. The van der Waals surface area contributed by atoms with E-state index in [0.717, 1.165) is 0 Å². The van der Waals surface area contributed by atoms with Crippen LogP contribution < -0.4 is 32.1 Å². The highest BCUT2D eigenvalue weighted by Gasteiger charge is 2.48. The van der Waals surface area contributed by atoms with Crippen molar-refractivity contribution in [3.63, 3.8) is 0 Å². The Morgan fingerprint density at radius 3 is 1.39 bits per heavy atom. The van der Waals surface area contributed by atoms with E-state index >= 15 is 0 Å². The van der Waals surface area contributed by atoms with Gasteiger partial charge in [0.1, 0.15) is 0 Å². The van der Waals surface area contributed by atoms with Crippen molar-refractivity contribution < 1.29 is 0 Å². The third-order valence-corrected chi connectivity index (χ3v) is 10.7. The lowest BCUT2D eigenvalue weighted by Crippen LogP contribution is -2.67. The third kappa shape index (κ3) is 3.04. The molecule has 11 rings (SSSR count). The van der Waals surface area contributed by atoms with E-state index in [1.54, 1.807) is 0 Å². The zero-order valence-corrected chi connectivity index (χ0v) is 25.1. The van der Waals surface area contributed by atoms with Crippen LogP contribution in [-0.4, -0.2) is 18.1 Å². The Bertz CT molecular complexity index is 2410. The highest BCUT2D eigenvalue weighted by Crippen LogP contribution is 2.46. The Kier molecular flexibility index (Phi) is 4.77. The van der Waals surface area contributed by atoms with E-state index in [4.69, 9.17) is 0 Å². The van der Waals surface area contributed by atoms with Gasteiger partial charge in [0, 0.05) is 39.0 Å². The number of para-hydroxylation sites is 4. The van der Waals surface area contributed by atoms with Crippen LogP contribution in [0.15, 0.2) is 158 Å². The van der Waals surface area contributed by atoms with Gasteiger partial charge in [-0.25, -0.2) is 0 Å². The third-order valence-electron chi connectivity index (χ3n) is 10.7. The van der Waals surface area contributed by atoms with Gasteiger partial charge in [-0.05, 0) is 57.2 Å². The minimum atomic E-state index is 0.129. The molecule has 4 heteroatoms. The van der Waals surface area contributed by atoms with Gasteiger partial charge < -0.3 is 9.38 Å². The molecule has 0 unspecified atom stereocenters. The molecule has 0 fully saturated rings. The van der Waals surface area contributed by atoms with Gasteiger partial charge in [-0.2, -0.15) is 0 Å². The summed E-state index contributed by atoms with van der Waals surface area (Å²) in [7, 11) is 0. The molecule has 3 aliphatic rings.